The summed E-state index contributed by atoms with van der Waals surface area (Å²) in [5.41, 5.74) is 4.39. The number of rotatable bonds is 2. The molecule has 1 aromatic carbocycles. The molecule has 0 amide bonds. The second kappa shape index (κ2) is 7.67. The maximum Gasteiger partial charge on any atom is 0.193 e. The topological polar surface area (TPSA) is 53.4 Å². The van der Waals surface area contributed by atoms with Crippen LogP contribution in [0.5, 0.6) is 0 Å². The Bertz CT molecular complexity index is 831. The fraction of sp³-hybridized carbons (Fsp3) is 0.500. The molecule has 5 nitrogen and oxygen atoms in total. The Labute approximate surface area is 162 Å². The lowest BCUT2D eigenvalue weighted by Crippen LogP contribution is -2.53. The summed E-state index contributed by atoms with van der Waals surface area (Å²) in [7, 11) is 1.88. The fourth-order valence-corrected chi connectivity index (χ4v) is 4.85. The Balaban J connectivity index is 1.50. The average molecular weight is 364 g/mol. The van der Waals surface area contributed by atoms with Gasteiger partial charge in [-0.1, -0.05) is 24.3 Å². The summed E-state index contributed by atoms with van der Waals surface area (Å²) in [6, 6.07) is 11.0. The van der Waals surface area contributed by atoms with Gasteiger partial charge in [-0.2, -0.15) is 0 Å². The fourth-order valence-electron chi connectivity index (χ4n) is 4.85. The van der Waals surface area contributed by atoms with Gasteiger partial charge in [-0.15, -0.1) is 0 Å². The number of aryl methyl sites for hydroxylation is 2. The molecular weight excluding hydrogens is 334 g/mol. The van der Waals surface area contributed by atoms with Crippen LogP contribution >= 0.6 is 0 Å². The molecule has 1 fully saturated rings. The van der Waals surface area contributed by atoms with Crippen LogP contribution in [0.15, 0.2) is 41.5 Å². The maximum absolute atomic E-state index is 4.57. The van der Waals surface area contributed by atoms with Gasteiger partial charge in [0.2, 0.25) is 0 Å². The largest absolute Gasteiger partial charge is 0.351 e. The van der Waals surface area contributed by atoms with Crippen molar-refractivity contribution in [3.8, 4) is 0 Å². The zero-order chi connectivity index (χ0) is 18.7. The van der Waals surface area contributed by atoms with E-state index in [9.17, 15) is 0 Å². The van der Waals surface area contributed by atoms with E-state index in [1.807, 2.05) is 26.2 Å². The number of aromatic nitrogens is 2. The third-order valence-electron chi connectivity index (χ3n) is 6.04. The zero-order valence-electron chi connectivity index (χ0n) is 16.4. The van der Waals surface area contributed by atoms with Crippen LogP contribution in [0.4, 0.5) is 0 Å². The molecule has 1 aromatic heterocycles. The number of hydrogen-bond acceptors (Lipinski definition) is 3. The summed E-state index contributed by atoms with van der Waals surface area (Å²) in [6.07, 6.45) is 8.10. The minimum absolute atomic E-state index is 0.274. The van der Waals surface area contributed by atoms with E-state index in [0.29, 0.717) is 6.54 Å². The molecule has 1 saturated heterocycles. The number of piperidine rings is 1. The summed E-state index contributed by atoms with van der Waals surface area (Å²) in [5, 5.41) is 3.51. The van der Waals surface area contributed by atoms with Gasteiger partial charge in [0.25, 0.3) is 0 Å². The van der Waals surface area contributed by atoms with Crippen molar-refractivity contribution < 1.29 is 0 Å². The Morgan fingerprint density at radius 3 is 2.93 bits per heavy atom. The number of guanidine groups is 1. The molecule has 1 unspecified atom stereocenters. The second-order valence-corrected chi connectivity index (χ2v) is 7.81. The molecule has 2 aromatic rings. The molecular formula is C22H29N5. The molecule has 1 aliphatic carbocycles. The van der Waals surface area contributed by atoms with E-state index < -0.39 is 0 Å². The number of nitrogens with one attached hydrogen (secondary N) is 1. The molecule has 1 aliphatic heterocycles. The highest BCUT2D eigenvalue weighted by atomic mass is 15.3. The maximum atomic E-state index is 4.57. The molecule has 2 aliphatic rings. The normalized spacial score (nSPS) is 22.6. The summed E-state index contributed by atoms with van der Waals surface area (Å²) >= 11 is 0. The van der Waals surface area contributed by atoms with Crippen LogP contribution in [-0.4, -0.2) is 41.0 Å². The second-order valence-electron chi connectivity index (χ2n) is 7.81. The molecule has 0 radical (unpaired) electrons. The van der Waals surface area contributed by atoms with Crippen molar-refractivity contribution in [2.75, 3.05) is 20.1 Å². The van der Waals surface area contributed by atoms with Crippen LogP contribution in [0.1, 0.15) is 48.3 Å². The number of likely N-dealkylation sites (tertiary alicyclic amines) is 1. The van der Waals surface area contributed by atoms with Crippen molar-refractivity contribution in [3.63, 3.8) is 0 Å². The van der Waals surface area contributed by atoms with Crippen LogP contribution in [0.2, 0.25) is 0 Å². The molecule has 0 saturated carbocycles. The smallest absolute Gasteiger partial charge is 0.193 e. The van der Waals surface area contributed by atoms with E-state index >= 15 is 0 Å². The number of hydrogen-bond donors (Lipinski definition) is 1. The Kier molecular flexibility index (Phi) is 5.10. The minimum atomic E-state index is 0.274. The first-order valence-electron chi connectivity index (χ1n) is 10.0. The van der Waals surface area contributed by atoms with Gasteiger partial charge in [0.15, 0.2) is 5.96 Å². The van der Waals surface area contributed by atoms with Gasteiger partial charge < -0.3 is 10.2 Å². The standard InChI is InChI=1S/C22H29N5/c1-17-24-13-10-19(26-17)15-25-21(23-2)27-14-6-12-22(16-27)11-5-8-18-7-3-4-9-20(18)22/h3-4,7,9-10,13H,5-6,8,11-12,14-16H2,1-2H3,(H,23,25). The van der Waals surface area contributed by atoms with Gasteiger partial charge in [0.05, 0.1) is 12.2 Å². The van der Waals surface area contributed by atoms with Gasteiger partial charge in [-0.25, -0.2) is 9.97 Å². The first-order chi connectivity index (χ1) is 13.2. The highest BCUT2D eigenvalue weighted by Gasteiger charge is 2.40. The molecule has 142 valence electrons. The number of benzene rings is 1. The molecule has 1 spiro atoms. The lowest BCUT2D eigenvalue weighted by atomic mass is 9.66. The van der Waals surface area contributed by atoms with Crippen LogP contribution in [0, 0.1) is 6.92 Å². The minimum Gasteiger partial charge on any atom is -0.351 e. The summed E-state index contributed by atoms with van der Waals surface area (Å²) in [6.45, 7) is 4.71. The summed E-state index contributed by atoms with van der Waals surface area (Å²) in [4.78, 5) is 15.7. The highest BCUT2D eigenvalue weighted by Crippen LogP contribution is 2.43. The monoisotopic (exact) mass is 363 g/mol. The SMILES string of the molecule is CN=C(NCc1ccnc(C)n1)N1CCCC2(CCCc3ccccc32)C1. The van der Waals surface area contributed by atoms with Crippen molar-refractivity contribution >= 4 is 5.96 Å². The number of nitrogens with zero attached hydrogens (tertiary/aromatic N) is 4. The van der Waals surface area contributed by atoms with Gasteiger partial charge in [0, 0.05) is 31.7 Å². The van der Waals surface area contributed by atoms with E-state index in [2.05, 4.69) is 49.4 Å². The lowest BCUT2D eigenvalue weighted by molar-refractivity contribution is 0.188. The molecule has 5 heteroatoms. The molecule has 1 atom stereocenters. The van der Waals surface area contributed by atoms with Crippen LogP contribution in [0.25, 0.3) is 0 Å². The van der Waals surface area contributed by atoms with Crippen molar-refractivity contribution in [3.05, 3.63) is 59.2 Å². The molecule has 0 bridgehead atoms. The molecule has 4 rings (SSSR count). The van der Waals surface area contributed by atoms with E-state index in [1.54, 1.807) is 11.1 Å². The van der Waals surface area contributed by atoms with Crippen molar-refractivity contribution in [1.29, 1.82) is 0 Å². The van der Waals surface area contributed by atoms with Gasteiger partial charge in [0.1, 0.15) is 5.82 Å². The predicted molar refractivity (Wildman–Crippen MR) is 109 cm³/mol. The van der Waals surface area contributed by atoms with Crippen LogP contribution in [-0.2, 0) is 18.4 Å². The van der Waals surface area contributed by atoms with Crippen molar-refractivity contribution in [2.45, 2.75) is 51.0 Å². The molecule has 27 heavy (non-hydrogen) atoms. The third kappa shape index (κ3) is 3.68. The van der Waals surface area contributed by atoms with E-state index in [1.165, 1.54) is 32.1 Å². The number of fused-ring (bicyclic) bond motifs is 2. The molecule has 1 N–H and O–H groups in total. The lowest BCUT2D eigenvalue weighted by Gasteiger charge is -2.47. The Hall–Kier alpha value is -2.43. The predicted octanol–water partition coefficient (Wildman–Crippen LogP) is 3.23. The van der Waals surface area contributed by atoms with E-state index in [-0.39, 0.29) is 5.41 Å². The Morgan fingerprint density at radius 1 is 1.22 bits per heavy atom. The summed E-state index contributed by atoms with van der Waals surface area (Å²) < 4.78 is 0. The Morgan fingerprint density at radius 2 is 2.07 bits per heavy atom. The van der Waals surface area contributed by atoms with Gasteiger partial charge in [-0.3, -0.25) is 4.99 Å². The molecule has 2 heterocycles. The average Bonchev–Trinajstić information content (AvgIpc) is 2.69. The van der Waals surface area contributed by atoms with Crippen LogP contribution in [0.3, 0.4) is 0 Å². The van der Waals surface area contributed by atoms with E-state index in [0.717, 1.165) is 30.6 Å². The summed E-state index contributed by atoms with van der Waals surface area (Å²) in [5.74, 6) is 1.79. The highest BCUT2D eigenvalue weighted by molar-refractivity contribution is 5.80. The van der Waals surface area contributed by atoms with Crippen molar-refractivity contribution in [2.24, 2.45) is 4.99 Å². The van der Waals surface area contributed by atoms with Gasteiger partial charge in [-0.05, 0) is 56.2 Å². The van der Waals surface area contributed by atoms with E-state index in [4.69, 9.17) is 0 Å². The van der Waals surface area contributed by atoms with Crippen LogP contribution < -0.4 is 5.32 Å². The van der Waals surface area contributed by atoms with Crippen molar-refractivity contribution in [1.82, 2.24) is 20.2 Å². The van der Waals surface area contributed by atoms with Gasteiger partial charge >= 0.3 is 0 Å². The first-order valence-corrected chi connectivity index (χ1v) is 10.0. The number of aliphatic imine (C=N–C) groups is 1. The first kappa shape index (κ1) is 18.0. The third-order valence-corrected chi connectivity index (χ3v) is 6.04. The quantitative estimate of drug-likeness (QED) is 0.657. The zero-order valence-corrected chi connectivity index (χ0v) is 16.4.